The summed E-state index contributed by atoms with van der Waals surface area (Å²) in [6, 6.07) is 5.93. The number of aliphatic hydroxyl groups is 1. The lowest BCUT2D eigenvalue weighted by molar-refractivity contribution is -0.113. The summed E-state index contributed by atoms with van der Waals surface area (Å²) in [6.07, 6.45) is 0. The van der Waals surface area contributed by atoms with Crippen molar-refractivity contribution in [1.29, 1.82) is 0 Å². The van der Waals surface area contributed by atoms with Crippen molar-refractivity contribution in [2.45, 2.75) is 6.92 Å². The number of carbonyl (C=O) groups excluding carboxylic acids is 2. The average molecular weight is 264 g/mol. The Morgan fingerprint density at radius 2 is 2.05 bits per heavy atom. The molecule has 0 saturated heterocycles. The minimum absolute atomic E-state index is 0.241. The molecule has 0 radical (unpaired) electrons. The van der Waals surface area contributed by atoms with E-state index in [0.717, 1.165) is 0 Å². The van der Waals surface area contributed by atoms with Crippen molar-refractivity contribution in [3.05, 3.63) is 46.2 Å². The number of carbonyl (C=O) groups is 2. The minimum atomic E-state index is -0.864. The quantitative estimate of drug-likeness (QED) is 0.374. The molecule has 0 spiro atoms. The highest BCUT2D eigenvalue weighted by Gasteiger charge is 2.15. The smallest absolute Gasteiger partial charge is 0.337 e. The Hall–Kier alpha value is -2.70. The van der Waals surface area contributed by atoms with Gasteiger partial charge in [0.1, 0.15) is 5.76 Å². The molecule has 0 heterocycles. The number of allylic oxidation sites excluding steroid dienone is 1. The van der Waals surface area contributed by atoms with E-state index in [2.05, 4.69) is 15.2 Å². The van der Waals surface area contributed by atoms with Crippen LogP contribution in [-0.2, 0) is 9.53 Å². The number of hydrogen-bond acceptors (Lipinski definition) is 6. The fraction of sp³-hybridized carbons (Fsp3) is 0.167. The van der Waals surface area contributed by atoms with Gasteiger partial charge in [0.15, 0.2) is 0 Å². The Morgan fingerprint density at radius 1 is 1.37 bits per heavy atom. The van der Waals surface area contributed by atoms with Gasteiger partial charge in [-0.25, -0.2) is 4.79 Å². The molecule has 0 unspecified atom stereocenters. The molecule has 0 aliphatic heterocycles. The summed E-state index contributed by atoms with van der Waals surface area (Å²) in [5.74, 6) is -1.91. The maximum Gasteiger partial charge on any atom is 0.337 e. The van der Waals surface area contributed by atoms with E-state index in [4.69, 9.17) is 5.11 Å². The second-order valence-electron chi connectivity index (χ2n) is 3.55. The number of ether oxygens (including phenoxy) is 1. The number of anilines is 1. The van der Waals surface area contributed by atoms with E-state index < -0.39 is 23.3 Å². The molecule has 0 aliphatic carbocycles. The van der Waals surface area contributed by atoms with Gasteiger partial charge in [-0.05, 0) is 30.3 Å². The number of esters is 1. The van der Waals surface area contributed by atoms with Crippen LogP contribution in [0.4, 0.5) is 5.69 Å². The molecule has 19 heavy (non-hydrogen) atoms. The molecule has 100 valence electrons. The van der Waals surface area contributed by atoms with E-state index in [1.165, 1.54) is 38.3 Å². The number of nitroso groups, excluding NO2 is 1. The fourth-order valence-electron chi connectivity index (χ4n) is 1.30. The second kappa shape index (κ2) is 6.29. The van der Waals surface area contributed by atoms with E-state index in [1.807, 2.05) is 0 Å². The van der Waals surface area contributed by atoms with Crippen LogP contribution in [0.25, 0.3) is 0 Å². The summed E-state index contributed by atoms with van der Waals surface area (Å²) in [7, 11) is 1.24. The van der Waals surface area contributed by atoms with Crippen LogP contribution in [0.1, 0.15) is 17.3 Å². The first kappa shape index (κ1) is 14.4. The molecule has 1 rings (SSSR count). The van der Waals surface area contributed by atoms with Crippen molar-refractivity contribution in [3.8, 4) is 0 Å². The Bertz CT molecular complexity index is 547. The third-order valence-electron chi connectivity index (χ3n) is 2.19. The molecular formula is C12H12N2O5. The normalized spacial score (nSPS) is 11.3. The van der Waals surface area contributed by atoms with E-state index in [9.17, 15) is 14.5 Å². The second-order valence-corrected chi connectivity index (χ2v) is 3.55. The van der Waals surface area contributed by atoms with Gasteiger partial charge in [0.05, 0.1) is 12.7 Å². The largest absolute Gasteiger partial charge is 0.510 e. The zero-order valence-corrected chi connectivity index (χ0v) is 10.3. The summed E-state index contributed by atoms with van der Waals surface area (Å²) < 4.78 is 4.53. The number of rotatable bonds is 4. The highest BCUT2D eigenvalue weighted by molar-refractivity contribution is 6.04. The number of hydrogen-bond donors (Lipinski definition) is 2. The van der Waals surface area contributed by atoms with Gasteiger partial charge >= 0.3 is 5.97 Å². The lowest BCUT2D eigenvalue weighted by Crippen LogP contribution is -2.15. The van der Waals surface area contributed by atoms with Crippen LogP contribution in [0.2, 0.25) is 0 Å². The van der Waals surface area contributed by atoms with Crippen LogP contribution in [0.3, 0.4) is 0 Å². The fourth-order valence-corrected chi connectivity index (χ4v) is 1.30. The van der Waals surface area contributed by atoms with Gasteiger partial charge < -0.3 is 15.2 Å². The van der Waals surface area contributed by atoms with Gasteiger partial charge in [-0.1, -0.05) is 6.07 Å². The molecule has 7 heteroatoms. The molecule has 0 aliphatic rings. The van der Waals surface area contributed by atoms with Crippen LogP contribution in [0.15, 0.2) is 40.9 Å². The SMILES string of the molecule is COC(=O)c1cccc(NC(=O)/C(N=O)=C(/C)O)c1. The predicted octanol–water partition coefficient (Wildman–Crippen LogP) is 1.97. The first-order valence-corrected chi connectivity index (χ1v) is 5.22. The highest BCUT2D eigenvalue weighted by atomic mass is 16.5. The summed E-state index contributed by atoms with van der Waals surface area (Å²) >= 11 is 0. The van der Waals surface area contributed by atoms with Crippen LogP contribution in [0.5, 0.6) is 0 Å². The number of amides is 1. The molecule has 0 aromatic heterocycles. The Kier molecular flexibility index (Phi) is 4.76. The van der Waals surface area contributed by atoms with Crippen LogP contribution in [0, 0.1) is 4.91 Å². The maximum absolute atomic E-state index is 11.6. The molecule has 2 N–H and O–H groups in total. The molecule has 1 aromatic carbocycles. The van der Waals surface area contributed by atoms with Crippen molar-refractivity contribution in [1.82, 2.24) is 0 Å². The average Bonchev–Trinajstić information content (AvgIpc) is 2.38. The Labute approximate surface area is 108 Å². The Morgan fingerprint density at radius 3 is 2.58 bits per heavy atom. The number of nitrogens with zero attached hydrogens (tertiary/aromatic N) is 1. The van der Waals surface area contributed by atoms with Crippen molar-refractivity contribution in [2.24, 2.45) is 5.18 Å². The molecule has 0 saturated carbocycles. The lowest BCUT2D eigenvalue weighted by atomic mass is 10.2. The maximum atomic E-state index is 11.6. The van der Waals surface area contributed by atoms with Crippen molar-refractivity contribution >= 4 is 17.6 Å². The standard InChI is InChI=1S/C12H12N2O5/c1-7(15)10(14-18)11(16)13-9-5-3-4-8(6-9)12(17)19-2/h3-6,15H,1-2H3,(H,13,16)/b10-7+. The third-order valence-corrected chi connectivity index (χ3v) is 2.19. The highest BCUT2D eigenvalue weighted by Crippen LogP contribution is 2.14. The van der Waals surface area contributed by atoms with Gasteiger partial charge in [0, 0.05) is 5.69 Å². The number of aliphatic hydroxyl groups excluding tert-OH is 1. The summed E-state index contributed by atoms with van der Waals surface area (Å²) in [4.78, 5) is 33.3. The summed E-state index contributed by atoms with van der Waals surface area (Å²) in [5, 5.41) is 13.9. The number of nitrogens with one attached hydrogen (secondary N) is 1. The zero-order valence-electron chi connectivity index (χ0n) is 10.3. The van der Waals surface area contributed by atoms with Gasteiger partial charge in [-0.2, -0.15) is 0 Å². The van der Waals surface area contributed by atoms with Gasteiger partial charge in [-0.3, -0.25) is 4.79 Å². The molecule has 1 aromatic rings. The minimum Gasteiger partial charge on any atom is -0.510 e. The van der Waals surface area contributed by atoms with E-state index in [-0.39, 0.29) is 11.3 Å². The number of benzene rings is 1. The zero-order chi connectivity index (χ0) is 14.4. The monoisotopic (exact) mass is 264 g/mol. The lowest BCUT2D eigenvalue weighted by Gasteiger charge is -2.06. The van der Waals surface area contributed by atoms with Crippen molar-refractivity contribution < 1.29 is 19.4 Å². The third kappa shape index (κ3) is 3.63. The number of methoxy groups -OCH3 is 1. The van der Waals surface area contributed by atoms with Crippen LogP contribution in [-0.4, -0.2) is 24.1 Å². The van der Waals surface area contributed by atoms with Gasteiger partial charge in [0.25, 0.3) is 5.91 Å². The van der Waals surface area contributed by atoms with E-state index >= 15 is 0 Å². The Balaban J connectivity index is 2.95. The molecule has 7 nitrogen and oxygen atoms in total. The van der Waals surface area contributed by atoms with Crippen LogP contribution < -0.4 is 5.32 Å². The van der Waals surface area contributed by atoms with Gasteiger partial charge in [0.2, 0.25) is 5.70 Å². The molecule has 0 bridgehead atoms. The summed E-state index contributed by atoms with van der Waals surface area (Å²) in [6.45, 7) is 1.17. The topological polar surface area (TPSA) is 105 Å². The van der Waals surface area contributed by atoms with Crippen molar-refractivity contribution in [3.63, 3.8) is 0 Å². The first-order chi connectivity index (χ1) is 8.99. The summed E-state index contributed by atoms with van der Waals surface area (Å²) in [5.41, 5.74) is -0.107. The predicted molar refractivity (Wildman–Crippen MR) is 67.5 cm³/mol. The molecule has 0 fully saturated rings. The first-order valence-electron chi connectivity index (χ1n) is 5.22. The van der Waals surface area contributed by atoms with E-state index in [1.54, 1.807) is 0 Å². The van der Waals surface area contributed by atoms with E-state index in [0.29, 0.717) is 0 Å². The molecular weight excluding hydrogens is 252 g/mol. The van der Waals surface area contributed by atoms with Crippen molar-refractivity contribution in [2.75, 3.05) is 12.4 Å². The van der Waals surface area contributed by atoms with Crippen LogP contribution >= 0.6 is 0 Å². The van der Waals surface area contributed by atoms with Gasteiger partial charge in [-0.15, -0.1) is 4.91 Å². The molecule has 1 amide bonds. The molecule has 0 atom stereocenters.